The number of fused-ring (bicyclic) bond motifs is 2. The quantitative estimate of drug-likeness (QED) is 0.551. The Bertz CT molecular complexity index is 1190. The van der Waals surface area contributed by atoms with E-state index in [1.165, 1.54) is 0 Å². The molecule has 31 heavy (non-hydrogen) atoms. The summed E-state index contributed by atoms with van der Waals surface area (Å²) < 4.78 is 16.4. The van der Waals surface area contributed by atoms with Gasteiger partial charge in [-0.1, -0.05) is 6.07 Å². The summed E-state index contributed by atoms with van der Waals surface area (Å²) in [6, 6.07) is 9.80. The Kier molecular flexibility index (Phi) is 5.24. The van der Waals surface area contributed by atoms with Gasteiger partial charge in [0.2, 0.25) is 6.79 Å². The summed E-state index contributed by atoms with van der Waals surface area (Å²) >= 11 is 0. The van der Waals surface area contributed by atoms with Crippen LogP contribution in [0.4, 0.5) is 5.69 Å². The van der Waals surface area contributed by atoms with Crippen molar-refractivity contribution in [1.82, 2.24) is 10.3 Å². The fourth-order valence-corrected chi connectivity index (χ4v) is 3.43. The van der Waals surface area contributed by atoms with Crippen molar-refractivity contribution >= 4 is 28.5 Å². The first-order valence-electron chi connectivity index (χ1n) is 9.60. The number of aromatic nitrogens is 1. The van der Waals surface area contributed by atoms with E-state index in [0.29, 0.717) is 39.4 Å². The normalized spacial score (nSPS) is 13.1. The molecule has 0 aliphatic carbocycles. The van der Waals surface area contributed by atoms with Gasteiger partial charge >= 0.3 is 5.97 Å². The third-order valence-corrected chi connectivity index (χ3v) is 4.91. The van der Waals surface area contributed by atoms with Crippen molar-refractivity contribution < 1.29 is 28.9 Å². The molecular formula is C22H21N3O6. The van der Waals surface area contributed by atoms with Crippen molar-refractivity contribution in [2.75, 3.05) is 19.1 Å². The van der Waals surface area contributed by atoms with Crippen molar-refractivity contribution in [3.63, 3.8) is 0 Å². The number of hydrogen-bond donors (Lipinski definition) is 3. The third-order valence-electron chi connectivity index (χ3n) is 4.91. The Morgan fingerprint density at radius 1 is 1.26 bits per heavy atom. The monoisotopic (exact) mass is 423 g/mol. The van der Waals surface area contributed by atoms with Gasteiger partial charge in [0.1, 0.15) is 17.9 Å². The fourth-order valence-electron chi connectivity index (χ4n) is 3.43. The summed E-state index contributed by atoms with van der Waals surface area (Å²) in [7, 11) is 0. The standard InChI is InChI=1S/C22H21N3O6/c1-11(24-21(26)13-6-7-15-17(8-13)31-10-30-15)9-29-16-5-3-4-14-19(16)20(23)18(22(27)28)12(2)25-14/h3-8,11H,9-10H2,1-2H3,(H2,23,25)(H,24,26)(H,27,28). The Labute approximate surface area is 177 Å². The lowest BCUT2D eigenvalue weighted by Gasteiger charge is -2.17. The first-order valence-corrected chi connectivity index (χ1v) is 9.60. The Hall–Kier alpha value is -4.01. The second-order valence-corrected chi connectivity index (χ2v) is 7.19. The molecule has 1 amide bonds. The lowest BCUT2D eigenvalue weighted by molar-refractivity contribution is 0.0696. The first kappa shape index (κ1) is 20.3. The van der Waals surface area contributed by atoms with Gasteiger partial charge in [0, 0.05) is 5.56 Å². The molecule has 0 fully saturated rings. The van der Waals surface area contributed by atoms with Gasteiger partial charge in [0.05, 0.1) is 28.3 Å². The van der Waals surface area contributed by atoms with E-state index in [4.69, 9.17) is 19.9 Å². The van der Waals surface area contributed by atoms with Crippen molar-refractivity contribution in [3.8, 4) is 17.2 Å². The molecule has 2 aromatic carbocycles. The predicted molar refractivity (Wildman–Crippen MR) is 113 cm³/mol. The van der Waals surface area contributed by atoms with E-state index in [1.807, 2.05) is 0 Å². The summed E-state index contributed by atoms with van der Waals surface area (Å²) in [5, 5.41) is 12.7. The number of aryl methyl sites for hydroxylation is 1. The molecule has 2 heterocycles. The van der Waals surface area contributed by atoms with Crippen LogP contribution < -0.4 is 25.3 Å². The number of amides is 1. The molecule has 1 aliphatic rings. The number of carbonyl (C=O) groups is 2. The number of nitrogen functional groups attached to an aromatic ring is 1. The van der Waals surface area contributed by atoms with Gasteiger partial charge in [-0.3, -0.25) is 9.78 Å². The third kappa shape index (κ3) is 3.89. The minimum absolute atomic E-state index is 0.0484. The minimum atomic E-state index is -1.15. The number of carboxylic acid groups (broad SMARTS) is 1. The van der Waals surface area contributed by atoms with E-state index in [1.54, 1.807) is 50.2 Å². The van der Waals surface area contributed by atoms with Gasteiger partial charge in [-0.25, -0.2) is 4.79 Å². The van der Waals surface area contributed by atoms with Crippen LogP contribution in [0.1, 0.15) is 33.3 Å². The first-order chi connectivity index (χ1) is 14.8. The van der Waals surface area contributed by atoms with E-state index >= 15 is 0 Å². The molecule has 9 nitrogen and oxygen atoms in total. The van der Waals surface area contributed by atoms with Crippen molar-refractivity contribution in [2.45, 2.75) is 19.9 Å². The van der Waals surface area contributed by atoms with Crippen LogP contribution in [0.15, 0.2) is 36.4 Å². The summed E-state index contributed by atoms with van der Waals surface area (Å²) in [5.74, 6) is 0.0980. The van der Waals surface area contributed by atoms with Gasteiger partial charge < -0.3 is 30.4 Å². The van der Waals surface area contributed by atoms with Gasteiger partial charge in [0.25, 0.3) is 5.91 Å². The molecule has 0 spiro atoms. The molecule has 9 heteroatoms. The number of nitrogens with one attached hydrogen (secondary N) is 1. The highest BCUT2D eigenvalue weighted by Gasteiger charge is 2.20. The summed E-state index contributed by atoms with van der Waals surface area (Å²) in [6.07, 6.45) is 0. The van der Waals surface area contributed by atoms with E-state index in [-0.39, 0.29) is 36.6 Å². The zero-order chi connectivity index (χ0) is 22.1. The number of pyridine rings is 1. The number of benzene rings is 2. The average molecular weight is 423 g/mol. The van der Waals surface area contributed by atoms with Crippen LogP contribution >= 0.6 is 0 Å². The molecule has 1 unspecified atom stereocenters. The van der Waals surface area contributed by atoms with Crippen LogP contribution in [-0.4, -0.2) is 41.4 Å². The number of aromatic carboxylic acids is 1. The summed E-state index contributed by atoms with van der Waals surface area (Å²) in [5.41, 5.74) is 7.50. The number of nitrogens with zero attached hydrogens (tertiary/aromatic N) is 1. The Morgan fingerprint density at radius 3 is 2.81 bits per heavy atom. The van der Waals surface area contributed by atoms with Crippen LogP contribution in [0.3, 0.4) is 0 Å². The summed E-state index contributed by atoms with van der Waals surface area (Å²) in [4.78, 5) is 28.4. The van der Waals surface area contributed by atoms with E-state index < -0.39 is 5.97 Å². The smallest absolute Gasteiger partial charge is 0.339 e. The van der Waals surface area contributed by atoms with Crippen LogP contribution in [0.25, 0.3) is 10.9 Å². The molecule has 0 radical (unpaired) electrons. The highest BCUT2D eigenvalue weighted by molar-refractivity contribution is 6.06. The van der Waals surface area contributed by atoms with E-state index in [0.717, 1.165) is 0 Å². The van der Waals surface area contributed by atoms with E-state index in [2.05, 4.69) is 10.3 Å². The average Bonchev–Trinajstić information content (AvgIpc) is 3.19. The van der Waals surface area contributed by atoms with E-state index in [9.17, 15) is 14.7 Å². The van der Waals surface area contributed by atoms with Crippen molar-refractivity contribution in [1.29, 1.82) is 0 Å². The highest BCUT2D eigenvalue weighted by atomic mass is 16.7. The molecule has 4 rings (SSSR count). The molecular weight excluding hydrogens is 402 g/mol. The van der Waals surface area contributed by atoms with Gasteiger partial charge in [0.15, 0.2) is 11.5 Å². The molecule has 0 saturated carbocycles. The van der Waals surface area contributed by atoms with Gasteiger partial charge in [-0.15, -0.1) is 0 Å². The lowest BCUT2D eigenvalue weighted by Crippen LogP contribution is -2.36. The zero-order valence-electron chi connectivity index (χ0n) is 17.0. The van der Waals surface area contributed by atoms with Crippen molar-refractivity contribution in [2.24, 2.45) is 0 Å². The molecule has 4 N–H and O–H groups in total. The highest BCUT2D eigenvalue weighted by Crippen LogP contribution is 2.34. The van der Waals surface area contributed by atoms with Crippen LogP contribution in [0.2, 0.25) is 0 Å². The maximum atomic E-state index is 12.5. The fraction of sp³-hybridized carbons (Fsp3) is 0.227. The largest absolute Gasteiger partial charge is 0.491 e. The van der Waals surface area contributed by atoms with Gasteiger partial charge in [-0.05, 0) is 44.2 Å². The lowest BCUT2D eigenvalue weighted by atomic mass is 10.1. The maximum absolute atomic E-state index is 12.5. The Morgan fingerprint density at radius 2 is 2.03 bits per heavy atom. The number of anilines is 1. The number of nitrogens with two attached hydrogens (primary N) is 1. The molecule has 0 saturated heterocycles. The van der Waals surface area contributed by atoms with Crippen LogP contribution in [-0.2, 0) is 0 Å². The van der Waals surface area contributed by atoms with Crippen LogP contribution in [0.5, 0.6) is 17.2 Å². The second kappa shape index (κ2) is 8.02. The molecule has 0 bridgehead atoms. The number of carbonyl (C=O) groups excluding carboxylic acids is 1. The maximum Gasteiger partial charge on any atom is 0.339 e. The molecule has 1 aliphatic heterocycles. The summed E-state index contributed by atoms with van der Waals surface area (Å²) in [6.45, 7) is 3.67. The number of hydrogen-bond acceptors (Lipinski definition) is 7. The SMILES string of the molecule is Cc1nc2cccc(OCC(C)NC(=O)c3ccc4c(c3)OCO4)c2c(N)c1C(=O)O. The molecule has 1 atom stereocenters. The predicted octanol–water partition coefficient (Wildman–Crippen LogP) is 2.75. The molecule has 160 valence electrons. The second-order valence-electron chi connectivity index (χ2n) is 7.19. The van der Waals surface area contributed by atoms with Gasteiger partial charge in [-0.2, -0.15) is 0 Å². The number of rotatable bonds is 6. The number of carboxylic acids is 1. The number of ether oxygens (including phenoxy) is 3. The zero-order valence-corrected chi connectivity index (χ0v) is 17.0. The van der Waals surface area contributed by atoms with Crippen LogP contribution in [0, 0.1) is 6.92 Å². The Balaban J connectivity index is 1.49. The van der Waals surface area contributed by atoms with Crippen molar-refractivity contribution in [3.05, 3.63) is 53.2 Å². The molecule has 1 aromatic heterocycles. The molecule has 3 aromatic rings. The topological polar surface area (TPSA) is 133 Å². The minimum Gasteiger partial charge on any atom is -0.491 e.